The van der Waals surface area contributed by atoms with Crippen molar-refractivity contribution in [2.75, 3.05) is 7.11 Å². The number of amides is 1. The van der Waals surface area contributed by atoms with Crippen molar-refractivity contribution in [3.63, 3.8) is 0 Å². The summed E-state index contributed by atoms with van der Waals surface area (Å²) >= 11 is 1.47. The number of hydrogen-bond donors (Lipinski definition) is 0. The molecule has 1 aromatic carbocycles. The molecule has 2 aliphatic heterocycles. The van der Waals surface area contributed by atoms with E-state index >= 15 is 0 Å². The van der Waals surface area contributed by atoms with Crippen molar-refractivity contribution in [3.05, 3.63) is 47.2 Å². The van der Waals surface area contributed by atoms with Gasteiger partial charge in [0, 0.05) is 0 Å². The summed E-state index contributed by atoms with van der Waals surface area (Å²) in [7, 11) is 1.35. The summed E-state index contributed by atoms with van der Waals surface area (Å²) in [6.07, 6.45) is 0.729. The monoisotopic (exact) mass is 330 g/mol. The third-order valence-electron chi connectivity index (χ3n) is 4.04. The van der Waals surface area contributed by atoms with Gasteiger partial charge in [-0.05, 0) is 18.9 Å². The highest BCUT2D eigenvalue weighted by molar-refractivity contribution is 8.15. The minimum atomic E-state index is -0.479. The van der Waals surface area contributed by atoms with Gasteiger partial charge in [-0.2, -0.15) is 0 Å². The molecule has 0 spiro atoms. The average molecular weight is 330 g/mol. The first-order chi connectivity index (χ1) is 11.1. The molecule has 2 atom stereocenters. The zero-order valence-electron chi connectivity index (χ0n) is 13.3. The van der Waals surface area contributed by atoms with Crippen LogP contribution in [-0.4, -0.2) is 34.3 Å². The molecule has 1 aromatic rings. The molecule has 23 heavy (non-hydrogen) atoms. The number of nitrogens with zero attached hydrogens (tertiary/aromatic N) is 2. The van der Waals surface area contributed by atoms with Gasteiger partial charge in [0.2, 0.25) is 5.91 Å². The Bertz CT molecular complexity index is 712. The predicted molar refractivity (Wildman–Crippen MR) is 89.9 cm³/mol. The van der Waals surface area contributed by atoms with Gasteiger partial charge in [0.25, 0.3) is 0 Å². The van der Waals surface area contributed by atoms with Crippen LogP contribution in [0.1, 0.15) is 31.9 Å². The second-order valence-electron chi connectivity index (χ2n) is 5.42. The van der Waals surface area contributed by atoms with E-state index < -0.39 is 12.0 Å². The first-order valence-electron chi connectivity index (χ1n) is 7.51. The van der Waals surface area contributed by atoms with E-state index in [9.17, 15) is 9.59 Å². The lowest BCUT2D eigenvalue weighted by atomic mass is 9.94. The number of benzene rings is 1. The number of allylic oxidation sites excluding steroid dienone is 1. The van der Waals surface area contributed by atoms with Crippen LogP contribution >= 0.6 is 11.8 Å². The molecule has 2 heterocycles. The molecule has 0 N–H and O–H groups in total. The highest BCUT2D eigenvalue weighted by atomic mass is 32.2. The Hall–Kier alpha value is -2.08. The van der Waals surface area contributed by atoms with Crippen LogP contribution < -0.4 is 0 Å². The second kappa shape index (κ2) is 6.20. The van der Waals surface area contributed by atoms with Crippen LogP contribution in [0.5, 0.6) is 0 Å². The van der Waals surface area contributed by atoms with Gasteiger partial charge in [0.05, 0.1) is 29.7 Å². The Morgan fingerprint density at radius 2 is 2.04 bits per heavy atom. The number of amidine groups is 1. The molecule has 0 aromatic heterocycles. The molecule has 1 fully saturated rings. The molecule has 6 heteroatoms. The Morgan fingerprint density at radius 3 is 2.65 bits per heavy atom. The number of rotatable bonds is 3. The molecule has 5 nitrogen and oxygen atoms in total. The predicted octanol–water partition coefficient (Wildman–Crippen LogP) is 2.90. The minimum Gasteiger partial charge on any atom is -0.466 e. The Morgan fingerprint density at radius 1 is 1.35 bits per heavy atom. The standard InChI is InChI=1S/C17H18N2O3S/c1-4-12-15(20)19-14(11-8-6-5-7-9-11)13(16(21)22-3)10(2)18-17(19)23-12/h5-9,12,14H,4H2,1-3H3/t12-,14-/m0/s1. The van der Waals surface area contributed by atoms with Gasteiger partial charge < -0.3 is 4.74 Å². The molecule has 0 aliphatic carbocycles. The number of methoxy groups -OCH3 is 1. The molecule has 1 saturated heterocycles. The van der Waals surface area contributed by atoms with Crippen LogP contribution in [0.15, 0.2) is 46.6 Å². The molecular weight excluding hydrogens is 312 g/mol. The van der Waals surface area contributed by atoms with Crippen molar-refractivity contribution in [1.82, 2.24) is 4.90 Å². The van der Waals surface area contributed by atoms with Gasteiger partial charge >= 0.3 is 5.97 Å². The van der Waals surface area contributed by atoms with Gasteiger partial charge in [-0.15, -0.1) is 0 Å². The van der Waals surface area contributed by atoms with Gasteiger partial charge in [0.1, 0.15) is 0 Å². The molecule has 0 unspecified atom stereocenters. The zero-order chi connectivity index (χ0) is 16.6. The lowest BCUT2D eigenvalue weighted by Crippen LogP contribution is -2.40. The molecule has 3 rings (SSSR count). The first kappa shape index (κ1) is 15.8. The SMILES string of the molecule is CC[C@@H]1SC2=NC(C)=C(C(=O)OC)[C@H](c3ccccc3)N2C1=O. The molecular formula is C17H18N2O3S. The van der Waals surface area contributed by atoms with E-state index in [4.69, 9.17) is 4.74 Å². The normalized spacial score (nSPS) is 23.7. The topological polar surface area (TPSA) is 59.0 Å². The number of fused-ring (bicyclic) bond motifs is 1. The fraction of sp³-hybridized carbons (Fsp3) is 0.353. The number of carbonyl (C=O) groups excluding carboxylic acids is 2. The number of thioether (sulfide) groups is 1. The van der Waals surface area contributed by atoms with Gasteiger partial charge in [-0.3, -0.25) is 9.69 Å². The van der Waals surface area contributed by atoms with Gasteiger partial charge in [-0.25, -0.2) is 9.79 Å². The summed E-state index contributed by atoms with van der Waals surface area (Å²) < 4.78 is 4.94. The van der Waals surface area contributed by atoms with E-state index in [0.29, 0.717) is 16.4 Å². The van der Waals surface area contributed by atoms with Gasteiger partial charge in [0.15, 0.2) is 5.17 Å². The van der Waals surface area contributed by atoms with Crippen molar-refractivity contribution < 1.29 is 14.3 Å². The third kappa shape index (κ3) is 2.57. The Labute approximate surface area is 139 Å². The minimum absolute atomic E-state index is 0.000920. The second-order valence-corrected chi connectivity index (χ2v) is 6.59. The summed E-state index contributed by atoms with van der Waals surface area (Å²) in [6, 6.07) is 9.06. The molecule has 120 valence electrons. The van der Waals surface area contributed by atoms with E-state index in [1.165, 1.54) is 18.9 Å². The highest BCUT2D eigenvalue weighted by Gasteiger charge is 2.46. The molecule has 1 amide bonds. The van der Waals surface area contributed by atoms with E-state index in [1.807, 2.05) is 37.3 Å². The summed E-state index contributed by atoms with van der Waals surface area (Å²) in [6.45, 7) is 3.77. The fourth-order valence-corrected chi connectivity index (χ4v) is 4.04. The van der Waals surface area contributed by atoms with Gasteiger partial charge in [-0.1, -0.05) is 49.0 Å². The maximum atomic E-state index is 12.8. The van der Waals surface area contributed by atoms with Crippen LogP contribution in [0, 0.1) is 0 Å². The van der Waals surface area contributed by atoms with E-state index in [1.54, 1.807) is 11.8 Å². The Balaban J connectivity index is 2.15. The van der Waals surface area contributed by atoms with Crippen LogP contribution in [-0.2, 0) is 14.3 Å². The number of ether oxygens (including phenoxy) is 1. The third-order valence-corrected chi connectivity index (χ3v) is 5.36. The maximum absolute atomic E-state index is 12.8. The van der Waals surface area contributed by atoms with Crippen molar-refractivity contribution in [1.29, 1.82) is 0 Å². The van der Waals surface area contributed by atoms with Crippen LogP contribution in [0.2, 0.25) is 0 Å². The van der Waals surface area contributed by atoms with Crippen LogP contribution in [0.4, 0.5) is 0 Å². The molecule has 0 radical (unpaired) electrons. The van der Waals surface area contributed by atoms with Crippen molar-refractivity contribution in [2.45, 2.75) is 31.6 Å². The van der Waals surface area contributed by atoms with Crippen molar-refractivity contribution in [2.24, 2.45) is 4.99 Å². The van der Waals surface area contributed by atoms with Crippen LogP contribution in [0.25, 0.3) is 0 Å². The average Bonchev–Trinajstić information content (AvgIpc) is 2.89. The van der Waals surface area contributed by atoms with Crippen LogP contribution in [0.3, 0.4) is 0 Å². The van der Waals surface area contributed by atoms with Crippen molar-refractivity contribution >= 4 is 28.8 Å². The highest BCUT2D eigenvalue weighted by Crippen LogP contribution is 2.43. The number of carbonyl (C=O) groups is 2. The number of esters is 1. The Kier molecular flexibility index (Phi) is 4.26. The molecule has 0 saturated carbocycles. The quantitative estimate of drug-likeness (QED) is 0.800. The number of aliphatic imine (C=N–C) groups is 1. The smallest absolute Gasteiger partial charge is 0.338 e. The van der Waals surface area contributed by atoms with E-state index in [2.05, 4.69) is 4.99 Å². The summed E-state index contributed by atoms with van der Waals surface area (Å²) in [5.74, 6) is -0.448. The maximum Gasteiger partial charge on any atom is 0.338 e. The van der Waals surface area contributed by atoms with E-state index in [-0.39, 0.29) is 11.2 Å². The first-order valence-corrected chi connectivity index (χ1v) is 8.38. The lowest BCUT2D eigenvalue weighted by molar-refractivity contribution is -0.137. The zero-order valence-corrected chi connectivity index (χ0v) is 14.1. The van der Waals surface area contributed by atoms with E-state index in [0.717, 1.165) is 12.0 Å². The summed E-state index contributed by atoms with van der Waals surface area (Å²) in [5.41, 5.74) is 1.91. The summed E-state index contributed by atoms with van der Waals surface area (Å²) in [4.78, 5) is 31.2. The molecule has 0 bridgehead atoms. The number of hydrogen-bond acceptors (Lipinski definition) is 5. The fourth-order valence-electron chi connectivity index (χ4n) is 2.91. The summed E-state index contributed by atoms with van der Waals surface area (Å²) in [5, 5.41) is 0.519. The van der Waals surface area contributed by atoms with Crippen molar-refractivity contribution in [3.8, 4) is 0 Å². The lowest BCUT2D eigenvalue weighted by Gasteiger charge is -2.32. The molecule has 2 aliphatic rings. The largest absolute Gasteiger partial charge is 0.466 e.